The number of hydrogen-bond donors (Lipinski definition) is 0. The van der Waals surface area contributed by atoms with E-state index in [1.165, 1.54) is 12.4 Å². The van der Waals surface area contributed by atoms with Gasteiger partial charge in [0.1, 0.15) is 17.8 Å². The predicted molar refractivity (Wildman–Crippen MR) is 118 cm³/mol. The van der Waals surface area contributed by atoms with Crippen LogP contribution >= 0.6 is 0 Å². The third-order valence-electron chi connectivity index (χ3n) is 7.29. The highest BCUT2D eigenvalue weighted by Crippen LogP contribution is 2.53. The summed E-state index contributed by atoms with van der Waals surface area (Å²) in [5, 5.41) is 15.0. The highest BCUT2D eigenvalue weighted by molar-refractivity contribution is 5.82. The molecule has 1 aliphatic heterocycles. The summed E-state index contributed by atoms with van der Waals surface area (Å²) in [5.41, 5.74) is 2.00. The first-order valence-corrected chi connectivity index (χ1v) is 11.3. The van der Waals surface area contributed by atoms with Gasteiger partial charge in [-0.25, -0.2) is 20.0 Å². The molecule has 9 nitrogen and oxygen atoms in total. The lowest BCUT2D eigenvalue weighted by Crippen LogP contribution is -2.50. The van der Waals surface area contributed by atoms with Crippen molar-refractivity contribution in [1.82, 2.24) is 24.4 Å². The Labute approximate surface area is 190 Å². The second kappa shape index (κ2) is 7.96. The largest absolute Gasteiger partial charge is 0.476 e. The van der Waals surface area contributed by atoms with E-state index in [1.54, 1.807) is 5.01 Å². The Morgan fingerprint density at radius 2 is 2.09 bits per heavy atom. The fourth-order valence-electron chi connectivity index (χ4n) is 5.44. The molecule has 4 aliphatic rings. The number of pyridine rings is 1. The van der Waals surface area contributed by atoms with Crippen LogP contribution in [0.3, 0.4) is 0 Å². The van der Waals surface area contributed by atoms with Crippen molar-refractivity contribution in [3.05, 3.63) is 54.4 Å². The molecule has 2 unspecified atom stereocenters. The monoisotopic (exact) mass is 441 g/mol. The van der Waals surface area contributed by atoms with Crippen LogP contribution in [0.25, 0.3) is 5.65 Å². The number of amides is 1. The molecule has 4 heterocycles. The Bertz CT molecular complexity index is 1220. The molecule has 0 N–H and O–H groups in total. The molecular weight excluding hydrogens is 418 g/mol. The smallest absolute Gasteiger partial charge is 0.246 e. The highest BCUT2D eigenvalue weighted by Gasteiger charge is 2.50. The van der Waals surface area contributed by atoms with Gasteiger partial charge in [0.2, 0.25) is 11.8 Å². The van der Waals surface area contributed by atoms with Crippen LogP contribution in [0.4, 0.5) is 0 Å². The molecule has 3 aliphatic carbocycles. The number of ether oxygens (including phenoxy) is 1. The molecule has 1 amide bonds. The molecule has 0 radical (unpaired) electrons. The van der Waals surface area contributed by atoms with Crippen LogP contribution < -0.4 is 4.74 Å². The lowest BCUT2D eigenvalue weighted by molar-refractivity contribution is -0.148. The van der Waals surface area contributed by atoms with Crippen molar-refractivity contribution in [3.63, 3.8) is 0 Å². The van der Waals surface area contributed by atoms with Crippen molar-refractivity contribution in [1.29, 1.82) is 5.26 Å². The second-order valence-electron chi connectivity index (χ2n) is 9.12. The third kappa shape index (κ3) is 3.52. The number of carbonyl (C=O) groups is 1. The topological polar surface area (TPSA) is 109 Å². The average Bonchev–Trinajstić information content (AvgIpc) is 3.48. The van der Waals surface area contributed by atoms with Crippen LogP contribution in [0.5, 0.6) is 5.88 Å². The molecule has 3 aromatic heterocycles. The fraction of sp³-hybridized carbons (Fsp3) is 0.417. The van der Waals surface area contributed by atoms with Gasteiger partial charge in [-0.2, -0.15) is 10.4 Å². The molecule has 3 saturated carbocycles. The minimum absolute atomic E-state index is 0.0505. The summed E-state index contributed by atoms with van der Waals surface area (Å²) < 4.78 is 7.85. The zero-order valence-electron chi connectivity index (χ0n) is 18.0. The van der Waals surface area contributed by atoms with Gasteiger partial charge in [-0.05, 0) is 49.1 Å². The van der Waals surface area contributed by atoms with Gasteiger partial charge in [-0.15, -0.1) is 0 Å². The van der Waals surface area contributed by atoms with E-state index in [9.17, 15) is 4.79 Å². The summed E-state index contributed by atoms with van der Waals surface area (Å²) in [6, 6.07) is 7.69. The van der Waals surface area contributed by atoms with Gasteiger partial charge in [-0.1, -0.05) is 6.07 Å². The van der Waals surface area contributed by atoms with Crippen molar-refractivity contribution in [2.75, 3.05) is 6.61 Å². The number of nitrogens with zero attached hydrogens (tertiary/aromatic N) is 7. The van der Waals surface area contributed by atoms with E-state index < -0.39 is 0 Å². The van der Waals surface area contributed by atoms with Crippen LogP contribution in [0.15, 0.2) is 48.1 Å². The summed E-state index contributed by atoms with van der Waals surface area (Å²) in [5.74, 6) is 1.76. The van der Waals surface area contributed by atoms with E-state index in [0.717, 1.165) is 30.6 Å². The minimum Gasteiger partial charge on any atom is -0.476 e. The van der Waals surface area contributed by atoms with Crippen LogP contribution in [0.1, 0.15) is 43.1 Å². The minimum atomic E-state index is -0.154. The van der Waals surface area contributed by atoms with Crippen LogP contribution in [-0.4, -0.2) is 43.1 Å². The maximum Gasteiger partial charge on any atom is 0.246 e. The molecule has 3 fully saturated rings. The first-order chi connectivity index (χ1) is 16.2. The van der Waals surface area contributed by atoms with Crippen molar-refractivity contribution in [2.45, 2.75) is 31.7 Å². The first kappa shape index (κ1) is 19.9. The summed E-state index contributed by atoms with van der Waals surface area (Å²) in [6.45, 7) is 0.501. The Kier molecular flexibility index (Phi) is 4.79. The van der Waals surface area contributed by atoms with Gasteiger partial charge in [0.15, 0.2) is 5.69 Å². The molecule has 0 saturated heterocycles. The number of imidazole rings is 1. The van der Waals surface area contributed by atoms with Gasteiger partial charge < -0.3 is 9.14 Å². The van der Waals surface area contributed by atoms with E-state index in [1.807, 2.05) is 47.3 Å². The van der Waals surface area contributed by atoms with Crippen molar-refractivity contribution in [3.8, 4) is 11.9 Å². The lowest BCUT2D eigenvalue weighted by Gasteiger charge is -2.51. The molecule has 166 valence electrons. The number of nitriles is 1. The standard InChI is InChI=1S/C24H23N7O2/c25-10-18-11-27-23(12-26-18)33-14-17-9-19(16-7-15(17)8-16)24(32)31-21(4-5-28-31)20-13-30-6-2-1-3-22(30)29-20/h1-3,5-6,11-13,15-17,19,21H,4,7-9,14H2/t15?,16?,17?,19-,21?/m0/s1. The summed E-state index contributed by atoms with van der Waals surface area (Å²) in [7, 11) is 0. The highest BCUT2D eigenvalue weighted by atomic mass is 16.5. The van der Waals surface area contributed by atoms with Crippen molar-refractivity contribution >= 4 is 17.8 Å². The van der Waals surface area contributed by atoms with Crippen LogP contribution in [0, 0.1) is 35.0 Å². The molecule has 0 aromatic carbocycles. The Morgan fingerprint density at radius 1 is 1.18 bits per heavy atom. The lowest BCUT2D eigenvalue weighted by atomic mass is 9.55. The summed E-state index contributed by atoms with van der Waals surface area (Å²) in [4.78, 5) is 26.5. The quantitative estimate of drug-likeness (QED) is 0.602. The van der Waals surface area contributed by atoms with E-state index in [-0.39, 0.29) is 23.6 Å². The maximum atomic E-state index is 13.6. The number of rotatable bonds is 5. The summed E-state index contributed by atoms with van der Waals surface area (Å²) >= 11 is 0. The van der Waals surface area contributed by atoms with Gasteiger partial charge >= 0.3 is 0 Å². The molecule has 3 atom stereocenters. The molecular formula is C24H23N7O2. The Hall–Kier alpha value is -3.80. The maximum absolute atomic E-state index is 13.6. The molecule has 9 heteroatoms. The Morgan fingerprint density at radius 3 is 2.88 bits per heavy atom. The first-order valence-electron chi connectivity index (χ1n) is 11.3. The van der Waals surface area contributed by atoms with E-state index in [2.05, 4.69) is 15.1 Å². The van der Waals surface area contributed by atoms with Crippen molar-refractivity contribution < 1.29 is 9.53 Å². The molecule has 33 heavy (non-hydrogen) atoms. The van der Waals surface area contributed by atoms with E-state index >= 15 is 0 Å². The van der Waals surface area contributed by atoms with Gasteiger partial charge in [-0.3, -0.25) is 4.79 Å². The SMILES string of the molecule is N#Cc1cnc(OCC2C[C@H](C(=O)N3N=CCC3c3cn4ccccc4n3)C3CC2C3)cn1. The second-order valence-corrected chi connectivity index (χ2v) is 9.12. The fourth-order valence-corrected chi connectivity index (χ4v) is 5.44. The normalized spacial score (nSPS) is 27.8. The number of aromatic nitrogens is 4. The van der Waals surface area contributed by atoms with Crippen molar-refractivity contribution in [2.24, 2.45) is 28.8 Å². The van der Waals surface area contributed by atoms with E-state index in [0.29, 0.717) is 36.7 Å². The van der Waals surface area contributed by atoms with Gasteiger partial charge in [0.05, 0.1) is 24.7 Å². The average molecular weight is 441 g/mol. The zero-order chi connectivity index (χ0) is 22.4. The number of carbonyl (C=O) groups excluding carboxylic acids is 1. The Balaban J connectivity index is 1.14. The number of hydrogen-bond acceptors (Lipinski definition) is 7. The van der Waals surface area contributed by atoms with Gasteiger partial charge in [0.25, 0.3) is 0 Å². The number of fused-ring (bicyclic) bond motifs is 3. The third-order valence-corrected chi connectivity index (χ3v) is 7.29. The zero-order valence-corrected chi connectivity index (χ0v) is 18.0. The van der Waals surface area contributed by atoms with Crippen LogP contribution in [0.2, 0.25) is 0 Å². The predicted octanol–water partition coefficient (Wildman–Crippen LogP) is 3.00. The molecule has 2 bridgehead atoms. The van der Waals surface area contributed by atoms with E-state index in [4.69, 9.17) is 15.0 Å². The number of hydrazone groups is 1. The van der Waals surface area contributed by atoms with Crippen LogP contribution in [-0.2, 0) is 4.79 Å². The molecule has 7 rings (SSSR count). The molecule has 3 aromatic rings. The molecule has 0 spiro atoms. The summed E-state index contributed by atoms with van der Waals surface area (Å²) in [6.07, 6.45) is 12.3. The van der Waals surface area contributed by atoms with Gasteiger partial charge in [0, 0.05) is 30.9 Å².